The van der Waals surface area contributed by atoms with Crippen molar-refractivity contribution in [3.63, 3.8) is 0 Å². The summed E-state index contributed by atoms with van der Waals surface area (Å²) in [5, 5.41) is 10.9. The van der Waals surface area contributed by atoms with Crippen LogP contribution in [0.5, 0.6) is 0 Å². The normalized spacial score (nSPS) is 51.0. The number of hydrogen-bond donors (Lipinski definition) is 1. The molecule has 4 aliphatic carbocycles. The van der Waals surface area contributed by atoms with Crippen molar-refractivity contribution in [1.29, 1.82) is 0 Å². The largest absolute Gasteiger partial charge is 0.393 e. The van der Waals surface area contributed by atoms with Gasteiger partial charge in [-0.1, -0.05) is 19.4 Å². The van der Waals surface area contributed by atoms with Gasteiger partial charge in [0.25, 0.3) is 0 Å². The topological polar surface area (TPSA) is 54.4 Å². The van der Waals surface area contributed by atoms with E-state index in [1.165, 1.54) is 5.57 Å². The van der Waals surface area contributed by atoms with Crippen molar-refractivity contribution in [3.8, 4) is 0 Å². The highest BCUT2D eigenvalue weighted by Crippen LogP contribution is 2.64. The minimum atomic E-state index is -0.407. The van der Waals surface area contributed by atoms with Crippen molar-refractivity contribution in [3.05, 3.63) is 11.6 Å². The monoisotopic (exact) mass is 302 g/mol. The fraction of sp³-hybridized carbons (Fsp3) is 0.789. The molecule has 3 fully saturated rings. The van der Waals surface area contributed by atoms with E-state index in [9.17, 15) is 14.7 Å². The van der Waals surface area contributed by atoms with Crippen molar-refractivity contribution in [2.24, 2.45) is 28.6 Å². The number of rotatable bonds is 0. The van der Waals surface area contributed by atoms with E-state index in [0.717, 1.165) is 25.7 Å². The summed E-state index contributed by atoms with van der Waals surface area (Å²) in [6, 6.07) is 0. The molecule has 0 heterocycles. The first-order valence-electron chi connectivity index (χ1n) is 8.81. The second-order valence-corrected chi connectivity index (χ2v) is 8.54. The Morgan fingerprint density at radius 3 is 2.64 bits per heavy atom. The number of carbonyl (C=O) groups excluding carboxylic acids is 2. The molecule has 0 radical (unpaired) electrons. The molecule has 0 aliphatic heterocycles. The molecule has 0 saturated heterocycles. The van der Waals surface area contributed by atoms with Crippen LogP contribution in [-0.2, 0) is 9.59 Å². The van der Waals surface area contributed by atoms with Crippen LogP contribution in [0.4, 0.5) is 0 Å². The molecule has 1 N–H and O–H groups in total. The van der Waals surface area contributed by atoms with Crippen LogP contribution >= 0.6 is 0 Å². The third kappa shape index (κ3) is 1.72. The molecule has 0 aromatic rings. The molecule has 3 heteroatoms. The lowest BCUT2D eigenvalue weighted by atomic mass is 9.46. The average Bonchev–Trinajstić information content (AvgIpc) is 2.75. The number of fused-ring (bicyclic) bond motifs is 5. The van der Waals surface area contributed by atoms with Gasteiger partial charge in [0.15, 0.2) is 5.78 Å². The Bertz CT molecular complexity index is 577. The molecule has 0 aromatic heterocycles. The molecule has 3 saturated carbocycles. The van der Waals surface area contributed by atoms with E-state index in [2.05, 4.69) is 13.8 Å². The smallest absolute Gasteiger partial charge is 0.155 e. The van der Waals surface area contributed by atoms with Crippen LogP contribution in [0.3, 0.4) is 0 Å². The zero-order valence-corrected chi connectivity index (χ0v) is 13.6. The first-order valence-corrected chi connectivity index (χ1v) is 8.81. The van der Waals surface area contributed by atoms with Gasteiger partial charge in [0, 0.05) is 18.3 Å². The number of carbonyl (C=O) groups is 2. The zero-order chi connectivity index (χ0) is 15.7. The fourth-order valence-corrected chi connectivity index (χ4v) is 6.46. The highest BCUT2D eigenvalue weighted by Gasteiger charge is 2.61. The maximum absolute atomic E-state index is 12.4. The fourth-order valence-electron chi connectivity index (χ4n) is 6.46. The Labute approximate surface area is 132 Å². The first-order chi connectivity index (χ1) is 10.4. The summed E-state index contributed by atoms with van der Waals surface area (Å²) in [5.74, 6) is 1.71. The van der Waals surface area contributed by atoms with Crippen LogP contribution < -0.4 is 0 Å². The van der Waals surface area contributed by atoms with E-state index in [4.69, 9.17) is 0 Å². The van der Waals surface area contributed by atoms with Gasteiger partial charge in [-0.05, 0) is 61.3 Å². The summed E-state index contributed by atoms with van der Waals surface area (Å²) in [7, 11) is 0. The molecule has 3 nitrogen and oxygen atoms in total. The molecule has 0 unspecified atom stereocenters. The Hall–Kier alpha value is -0.960. The van der Waals surface area contributed by atoms with Crippen LogP contribution in [0.15, 0.2) is 11.6 Å². The quantitative estimate of drug-likeness (QED) is 0.748. The molecule has 120 valence electrons. The van der Waals surface area contributed by atoms with Crippen LogP contribution in [0.25, 0.3) is 0 Å². The molecule has 0 bridgehead atoms. The van der Waals surface area contributed by atoms with Crippen LogP contribution in [0.2, 0.25) is 0 Å². The van der Waals surface area contributed by atoms with Gasteiger partial charge in [-0.2, -0.15) is 0 Å². The Balaban J connectivity index is 1.75. The third-order valence-corrected chi connectivity index (χ3v) is 7.61. The second kappa shape index (κ2) is 4.53. The van der Waals surface area contributed by atoms with Crippen LogP contribution in [0.1, 0.15) is 58.8 Å². The number of aliphatic hydroxyl groups excluding tert-OH is 1. The van der Waals surface area contributed by atoms with E-state index < -0.39 is 6.10 Å². The van der Waals surface area contributed by atoms with Gasteiger partial charge in [0.05, 0.1) is 6.10 Å². The van der Waals surface area contributed by atoms with E-state index in [1.807, 2.05) is 6.08 Å². The minimum Gasteiger partial charge on any atom is -0.393 e. The van der Waals surface area contributed by atoms with Gasteiger partial charge >= 0.3 is 0 Å². The predicted octanol–water partition coefficient (Wildman–Crippen LogP) is 3.06. The number of hydrogen-bond acceptors (Lipinski definition) is 3. The molecule has 0 spiro atoms. The van der Waals surface area contributed by atoms with E-state index in [1.54, 1.807) is 0 Å². The maximum atomic E-state index is 12.4. The highest BCUT2D eigenvalue weighted by atomic mass is 16.3. The second-order valence-electron chi connectivity index (χ2n) is 8.54. The standard InChI is InChI=1S/C19H26O3/c1-18-8-7-12(20)9-11(18)3-4-13-14-5-6-16(22)19(14,2)10-15(21)17(13)18/h9,13-15,17,21H,3-8,10H2,1-2H3/t13-,14-,15-,17+,18-,19-/m0/s1. The van der Waals surface area contributed by atoms with Crippen molar-refractivity contribution >= 4 is 11.6 Å². The zero-order valence-electron chi connectivity index (χ0n) is 13.6. The van der Waals surface area contributed by atoms with Crippen molar-refractivity contribution in [2.75, 3.05) is 0 Å². The predicted molar refractivity (Wildman–Crippen MR) is 83.1 cm³/mol. The minimum absolute atomic E-state index is 0.0385. The Kier molecular flexibility index (Phi) is 3.01. The summed E-state index contributed by atoms with van der Waals surface area (Å²) in [6.45, 7) is 4.34. The number of Topliss-reactive ketones (excluding diaryl/α,β-unsaturated/α-hetero) is 1. The first kappa shape index (κ1) is 14.6. The van der Waals surface area contributed by atoms with Gasteiger partial charge in [0.2, 0.25) is 0 Å². The van der Waals surface area contributed by atoms with Gasteiger partial charge in [-0.25, -0.2) is 0 Å². The van der Waals surface area contributed by atoms with E-state index >= 15 is 0 Å². The van der Waals surface area contributed by atoms with E-state index in [0.29, 0.717) is 36.9 Å². The molecular formula is C19H26O3. The number of ketones is 2. The van der Waals surface area contributed by atoms with Crippen molar-refractivity contribution in [2.45, 2.75) is 64.9 Å². The summed E-state index contributed by atoms with van der Waals surface area (Å²) >= 11 is 0. The number of aliphatic hydroxyl groups is 1. The lowest BCUT2D eigenvalue weighted by molar-refractivity contribution is -0.147. The average molecular weight is 302 g/mol. The van der Waals surface area contributed by atoms with Crippen molar-refractivity contribution in [1.82, 2.24) is 0 Å². The summed E-state index contributed by atoms with van der Waals surface area (Å²) in [4.78, 5) is 24.2. The summed E-state index contributed by atoms with van der Waals surface area (Å²) in [5.41, 5.74) is 0.920. The van der Waals surface area contributed by atoms with Crippen LogP contribution in [-0.4, -0.2) is 22.8 Å². The summed E-state index contributed by atoms with van der Waals surface area (Å²) in [6.07, 6.45) is 7.24. The van der Waals surface area contributed by atoms with Gasteiger partial charge in [0.1, 0.15) is 5.78 Å². The third-order valence-electron chi connectivity index (χ3n) is 7.61. The summed E-state index contributed by atoms with van der Waals surface area (Å²) < 4.78 is 0. The Morgan fingerprint density at radius 2 is 1.86 bits per heavy atom. The molecule has 4 rings (SSSR count). The van der Waals surface area contributed by atoms with Gasteiger partial charge in [-0.15, -0.1) is 0 Å². The molecule has 4 aliphatic rings. The van der Waals surface area contributed by atoms with Crippen molar-refractivity contribution < 1.29 is 14.7 Å². The molecular weight excluding hydrogens is 276 g/mol. The lowest BCUT2D eigenvalue weighted by Crippen LogP contribution is -2.56. The maximum Gasteiger partial charge on any atom is 0.155 e. The Morgan fingerprint density at radius 1 is 1.09 bits per heavy atom. The van der Waals surface area contributed by atoms with Gasteiger partial charge < -0.3 is 5.11 Å². The molecule has 0 aromatic carbocycles. The lowest BCUT2D eigenvalue weighted by Gasteiger charge is -2.58. The molecule has 0 amide bonds. The SMILES string of the molecule is C[C@]12CCC(=O)C=C1CC[C@@H]1[C@@H]2[C@@H](O)C[C@]2(C)C(=O)CC[C@@H]12. The highest BCUT2D eigenvalue weighted by molar-refractivity contribution is 5.91. The van der Waals surface area contributed by atoms with Crippen LogP contribution in [0, 0.1) is 28.6 Å². The van der Waals surface area contributed by atoms with E-state index in [-0.39, 0.29) is 22.5 Å². The molecule has 6 atom stereocenters. The number of allylic oxidation sites excluding steroid dienone is 1. The molecule has 22 heavy (non-hydrogen) atoms. The van der Waals surface area contributed by atoms with Gasteiger partial charge in [-0.3, -0.25) is 9.59 Å².